The molecule has 2 heterocycles. The average molecular weight is 684 g/mol. The molecule has 0 unspecified atom stereocenters. The molecule has 0 saturated carbocycles. The molecular weight excluding hydrogens is 648 g/mol. The van der Waals surface area contributed by atoms with E-state index >= 15 is 0 Å². The SMILES string of the molecule is COc1cc(C=C[C@H]2C3=CC[C@@H]4C(=O)N(C5CCN(Cc6ccccc6)CC5)C(=O)[C@@H]4[C@@H]3CC3=C2C(=O)C=C(Br)C3=O)ccc1O. The number of ether oxygens (including phenoxy) is 1. The summed E-state index contributed by atoms with van der Waals surface area (Å²) in [6.45, 7) is 2.46. The van der Waals surface area contributed by atoms with Crippen molar-refractivity contribution in [2.45, 2.75) is 38.3 Å². The Morgan fingerprint density at radius 2 is 1.76 bits per heavy atom. The molecule has 1 N–H and O–H groups in total. The normalized spacial score (nSPS) is 27.0. The van der Waals surface area contributed by atoms with Crippen LogP contribution in [0.5, 0.6) is 11.5 Å². The first-order valence-corrected chi connectivity index (χ1v) is 16.6. The van der Waals surface area contributed by atoms with Gasteiger partial charge in [0.15, 0.2) is 23.1 Å². The molecule has 2 fully saturated rings. The van der Waals surface area contributed by atoms with Gasteiger partial charge in [0, 0.05) is 48.8 Å². The van der Waals surface area contributed by atoms with Crippen molar-refractivity contribution >= 4 is 45.4 Å². The van der Waals surface area contributed by atoms with Crippen LogP contribution in [0.4, 0.5) is 0 Å². The number of ketones is 2. The second-order valence-corrected chi connectivity index (χ2v) is 13.6. The van der Waals surface area contributed by atoms with Gasteiger partial charge in [-0.2, -0.15) is 0 Å². The van der Waals surface area contributed by atoms with Crippen molar-refractivity contribution < 1.29 is 29.0 Å². The summed E-state index contributed by atoms with van der Waals surface area (Å²) in [6, 6.07) is 15.1. The highest BCUT2D eigenvalue weighted by Gasteiger charge is 2.57. The molecule has 4 atom stereocenters. The highest BCUT2D eigenvalue weighted by atomic mass is 79.9. The number of fused-ring (bicyclic) bond motifs is 3. The Balaban J connectivity index is 1.16. The molecule has 46 heavy (non-hydrogen) atoms. The number of imide groups is 1. The lowest BCUT2D eigenvalue weighted by molar-refractivity contribution is -0.144. The molecular formula is C37H35BrN2O6. The van der Waals surface area contributed by atoms with E-state index in [4.69, 9.17) is 4.74 Å². The van der Waals surface area contributed by atoms with Gasteiger partial charge in [0.05, 0.1) is 23.4 Å². The van der Waals surface area contributed by atoms with Gasteiger partial charge >= 0.3 is 0 Å². The molecule has 0 radical (unpaired) electrons. The third-order valence-electron chi connectivity index (χ3n) is 10.3. The molecule has 0 bridgehead atoms. The summed E-state index contributed by atoms with van der Waals surface area (Å²) in [4.78, 5) is 58.9. The number of likely N-dealkylation sites (tertiary alicyclic amines) is 2. The number of benzene rings is 2. The van der Waals surface area contributed by atoms with Gasteiger partial charge in [-0.15, -0.1) is 0 Å². The van der Waals surface area contributed by atoms with Crippen LogP contribution >= 0.6 is 15.9 Å². The third kappa shape index (κ3) is 5.29. The molecule has 8 nitrogen and oxygen atoms in total. The van der Waals surface area contributed by atoms with Crippen molar-refractivity contribution in [1.82, 2.24) is 9.80 Å². The Bertz CT molecular complexity index is 1750. The summed E-state index contributed by atoms with van der Waals surface area (Å²) in [7, 11) is 1.47. The monoisotopic (exact) mass is 682 g/mol. The summed E-state index contributed by atoms with van der Waals surface area (Å²) in [5.74, 6) is -2.34. The summed E-state index contributed by atoms with van der Waals surface area (Å²) < 4.78 is 5.47. The molecule has 0 spiro atoms. The first kappa shape index (κ1) is 30.6. The molecule has 236 valence electrons. The number of phenols is 1. The van der Waals surface area contributed by atoms with Crippen molar-refractivity contribution in [3.05, 3.63) is 99.1 Å². The van der Waals surface area contributed by atoms with Crippen LogP contribution in [0.3, 0.4) is 0 Å². The van der Waals surface area contributed by atoms with Crippen molar-refractivity contribution in [3.8, 4) is 11.5 Å². The smallest absolute Gasteiger partial charge is 0.233 e. The van der Waals surface area contributed by atoms with E-state index in [0.29, 0.717) is 23.3 Å². The van der Waals surface area contributed by atoms with Gasteiger partial charge < -0.3 is 9.84 Å². The highest BCUT2D eigenvalue weighted by molar-refractivity contribution is 9.12. The number of hydrogen-bond donors (Lipinski definition) is 1. The number of phenolic OH excluding ortho intramolecular Hbond substituents is 1. The fourth-order valence-corrected chi connectivity index (χ4v) is 8.50. The zero-order valence-electron chi connectivity index (χ0n) is 25.5. The Kier molecular flexibility index (Phi) is 8.15. The summed E-state index contributed by atoms with van der Waals surface area (Å²) in [5, 5.41) is 10.0. The summed E-state index contributed by atoms with van der Waals surface area (Å²) in [6.07, 6.45) is 9.22. The number of Topliss-reactive ketones (excluding diaryl/α,β-unsaturated/α-hetero) is 1. The zero-order chi connectivity index (χ0) is 32.1. The first-order chi connectivity index (χ1) is 22.2. The van der Waals surface area contributed by atoms with Crippen LogP contribution in [0.1, 0.15) is 36.8 Å². The minimum atomic E-state index is -0.568. The number of allylic oxidation sites excluding steroid dienone is 7. The first-order valence-electron chi connectivity index (χ1n) is 15.8. The minimum Gasteiger partial charge on any atom is -0.504 e. The molecule has 2 aromatic rings. The second-order valence-electron chi connectivity index (χ2n) is 12.8. The maximum absolute atomic E-state index is 14.3. The van der Waals surface area contributed by atoms with E-state index in [-0.39, 0.29) is 52.0 Å². The van der Waals surface area contributed by atoms with Crippen molar-refractivity contribution in [3.63, 3.8) is 0 Å². The summed E-state index contributed by atoms with van der Waals surface area (Å²) in [5.41, 5.74) is 3.74. The number of carbonyl (C=O) groups excluding carboxylic acids is 4. The molecule has 7 rings (SSSR count). The fraction of sp³-hybridized carbons (Fsp3) is 0.351. The fourth-order valence-electron chi connectivity index (χ4n) is 8.05. The van der Waals surface area contributed by atoms with Gasteiger partial charge in [-0.05, 0) is 70.8 Å². The Hall–Kier alpha value is -4.08. The molecule has 2 aliphatic heterocycles. The maximum atomic E-state index is 14.3. The van der Waals surface area contributed by atoms with Crippen LogP contribution < -0.4 is 4.74 Å². The number of piperidine rings is 1. The lowest BCUT2D eigenvalue weighted by atomic mass is 9.61. The van der Waals surface area contributed by atoms with Gasteiger partial charge in [0.25, 0.3) is 0 Å². The van der Waals surface area contributed by atoms with Crippen LogP contribution in [0.25, 0.3) is 6.08 Å². The number of methoxy groups -OCH3 is 1. The Morgan fingerprint density at radius 1 is 1.00 bits per heavy atom. The number of hydrogen-bond acceptors (Lipinski definition) is 7. The van der Waals surface area contributed by atoms with Gasteiger partial charge in [-0.3, -0.25) is 29.0 Å². The van der Waals surface area contributed by atoms with E-state index in [1.165, 1.54) is 24.8 Å². The van der Waals surface area contributed by atoms with E-state index in [2.05, 4.69) is 33.0 Å². The molecule has 9 heteroatoms. The van der Waals surface area contributed by atoms with Crippen molar-refractivity contribution in [2.24, 2.45) is 23.7 Å². The number of carbonyl (C=O) groups is 4. The van der Waals surface area contributed by atoms with Crippen LogP contribution in [-0.4, -0.2) is 64.5 Å². The average Bonchev–Trinajstić information content (AvgIpc) is 3.32. The number of nitrogens with zero attached hydrogens (tertiary/aromatic N) is 2. The second kappa shape index (κ2) is 12.3. The summed E-state index contributed by atoms with van der Waals surface area (Å²) >= 11 is 3.28. The van der Waals surface area contributed by atoms with Crippen LogP contribution in [0.2, 0.25) is 0 Å². The van der Waals surface area contributed by atoms with Crippen LogP contribution in [-0.2, 0) is 25.7 Å². The van der Waals surface area contributed by atoms with Gasteiger partial charge in [-0.25, -0.2) is 0 Å². The van der Waals surface area contributed by atoms with Gasteiger partial charge in [-0.1, -0.05) is 60.2 Å². The molecule has 5 aliphatic rings. The topological polar surface area (TPSA) is 104 Å². The molecule has 2 saturated heterocycles. The van der Waals surface area contributed by atoms with E-state index in [9.17, 15) is 24.3 Å². The number of amides is 2. The highest BCUT2D eigenvalue weighted by Crippen LogP contribution is 2.53. The standard InChI is InChI=1S/C37H35BrN2O6/c1-46-32-17-21(8-12-30(32)41)7-9-25-24-10-11-26-34(27(24)18-28-33(25)31(42)19-29(38)35(28)43)37(45)40(36(26)44)23-13-15-39(16-14-23)20-22-5-3-2-4-6-22/h2-10,12,17,19,23,25-27,34,41H,11,13-16,18,20H2,1H3/t25-,26-,27+,34-/m0/s1. The van der Waals surface area contributed by atoms with E-state index < -0.39 is 17.8 Å². The molecule has 2 aromatic carbocycles. The molecule has 2 amide bonds. The third-order valence-corrected chi connectivity index (χ3v) is 10.9. The van der Waals surface area contributed by atoms with E-state index in [1.807, 2.05) is 36.4 Å². The predicted octanol–water partition coefficient (Wildman–Crippen LogP) is 5.37. The van der Waals surface area contributed by atoms with Gasteiger partial charge in [0.1, 0.15) is 0 Å². The number of rotatable bonds is 6. The quantitative estimate of drug-likeness (QED) is 0.248. The largest absolute Gasteiger partial charge is 0.504 e. The predicted molar refractivity (Wildman–Crippen MR) is 176 cm³/mol. The maximum Gasteiger partial charge on any atom is 0.233 e. The number of halogens is 1. The zero-order valence-corrected chi connectivity index (χ0v) is 27.1. The van der Waals surface area contributed by atoms with Crippen molar-refractivity contribution in [2.75, 3.05) is 20.2 Å². The minimum absolute atomic E-state index is 0.0160. The Morgan fingerprint density at radius 3 is 2.50 bits per heavy atom. The van der Waals surface area contributed by atoms with E-state index in [0.717, 1.165) is 43.6 Å². The van der Waals surface area contributed by atoms with E-state index in [1.54, 1.807) is 17.0 Å². The van der Waals surface area contributed by atoms with Crippen LogP contribution in [0, 0.1) is 23.7 Å². The lowest BCUT2D eigenvalue weighted by Crippen LogP contribution is -2.47. The van der Waals surface area contributed by atoms with Crippen LogP contribution in [0.15, 0.2) is 88.0 Å². The molecule has 0 aromatic heterocycles. The Labute approximate surface area is 276 Å². The number of aromatic hydroxyl groups is 1. The van der Waals surface area contributed by atoms with Gasteiger partial charge in [0.2, 0.25) is 11.8 Å². The molecule has 3 aliphatic carbocycles. The van der Waals surface area contributed by atoms with Crippen molar-refractivity contribution in [1.29, 1.82) is 0 Å². The lowest BCUT2D eigenvalue weighted by Gasteiger charge is -2.41.